The van der Waals surface area contributed by atoms with Crippen LogP contribution >= 0.6 is 0 Å². The summed E-state index contributed by atoms with van der Waals surface area (Å²) in [5, 5.41) is 9.32. The maximum absolute atomic E-state index is 11.4. The van der Waals surface area contributed by atoms with Gasteiger partial charge in [-0.2, -0.15) is 0 Å². The summed E-state index contributed by atoms with van der Waals surface area (Å²) in [7, 11) is 0. The molecule has 2 aliphatic heterocycles. The maximum atomic E-state index is 11.4. The number of rotatable bonds is 5. The number of ether oxygens (including phenoxy) is 3. The fraction of sp³-hybridized carbons (Fsp3) is 0.308. The highest BCUT2D eigenvalue weighted by molar-refractivity contribution is 5.58. The molecule has 2 aliphatic rings. The summed E-state index contributed by atoms with van der Waals surface area (Å²) in [5.41, 5.74) is 2.38. The summed E-state index contributed by atoms with van der Waals surface area (Å²) in [5.74, 6) is 1.20. The van der Waals surface area contributed by atoms with Crippen LogP contribution in [-0.4, -0.2) is 40.8 Å². The number of aromatic nitrogens is 1. The Morgan fingerprint density at radius 2 is 1.82 bits per heavy atom. The van der Waals surface area contributed by atoms with E-state index in [-0.39, 0.29) is 6.10 Å². The zero-order chi connectivity index (χ0) is 22.7. The van der Waals surface area contributed by atoms with E-state index in [0.717, 1.165) is 30.8 Å². The quantitative estimate of drug-likeness (QED) is 0.565. The third kappa shape index (κ3) is 4.64. The average molecular weight is 447 g/mol. The van der Waals surface area contributed by atoms with E-state index in [1.54, 1.807) is 6.20 Å². The standard InChI is InChI=1S/C26H26N2O5/c29-25(30)33-26(21-5-2-1-3-6-21)12-15-28(16-13-26)17-19-8-10-20(11-9-19)23-18-31-22-7-4-14-27-24(22)32-23/h1-11,14,23H,12-13,15-18H2,(H,29,30)/t23-/m1/s1. The molecule has 33 heavy (non-hydrogen) atoms. The van der Waals surface area contributed by atoms with E-state index in [1.807, 2.05) is 42.5 Å². The molecule has 3 aromatic rings. The van der Waals surface area contributed by atoms with Gasteiger partial charge in [0, 0.05) is 38.7 Å². The Morgan fingerprint density at radius 3 is 2.55 bits per heavy atom. The number of likely N-dealkylation sites (tertiary alicyclic amines) is 1. The number of carbonyl (C=O) groups is 1. The van der Waals surface area contributed by atoms with E-state index in [4.69, 9.17) is 14.2 Å². The molecule has 3 heterocycles. The molecule has 0 aliphatic carbocycles. The highest BCUT2D eigenvalue weighted by Gasteiger charge is 2.40. The maximum Gasteiger partial charge on any atom is 0.506 e. The largest absolute Gasteiger partial charge is 0.506 e. The molecule has 5 rings (SSSR count). The van der Waals surface area contributed by atoms with Crippen LogP contribution < -0.4 is 9.47 Å². The van der Waals surface area contributed by atoms with Crippen LogP contribution in [0.15, 0.2) is 72.9 Å². The van der Waals surface area contributed by atoms with Gasteiger partial charge in [-0.3, -0.25) is 4.90 Å². The van der Waals surface area contributed by atoms with Crippen LogP contribution in [0.4, 0.5) is 4.79 Å². The van der Waals surface area contributed by atoms with Crippen molar-refractivity contribution in [2.75, 3.05) is 19.7 Å². The SMILES string of the molecule is O=C(O)OC1(c2ccccc2)CCN(Cc2ccc([C@H]3COc4cccnc4O3)cc2)CC1. The molecular formula is C26H26N2O5. The number of carboxylic acid groups (broad SMARTS) is 1. The molecule has 1 saturated heterocycles. The molecule has 1 N–H and O–H groups in total. The number of piperidine rings is 1. The summed E-state index contributed by atoms with van der Waals surface area (Å²) in [6.45, 7) is 2.76. The number of hydrogen-bond acceptors (Lipinski definition) is 6. The molecule has 0 radical (unpaired) electrons. The molecule has 7 heteroatoms. The van der Waals surface area contributed by atoms with Crippen molar-refractivity contribution >= 4 is 6.16 Å². The van der Waals surface area contributed by atoms with Crippen LogP contribution in [0.25, 0.3) is 0 Å². The van der Waals surface area contributed by atoms with Gasteiger partial charge < -0.3 is 19.3 Å². The molecule has 0 unspecified atom stereocenters. The number of benzene rings is 2. The fourth-order valence-corrected chi connectivity index (χ4v) is 4.60. The van der Waals surface area contributed by atoms with Crippen LogP contribution in [0.5, 0.6) is 11.6 Å². The number of hydrogen-bond donors (Lipinski definition) is 1. The fourth-order valence-electron chi connectivity index (χ4n) is 4.60. The van der Waals surface area contributed by atoms with Gasteiger partial charge in [0.25, 0.3) is 5.88 Å². The molecule has 0 spiro atoms. The minimum absolute atomic E-state index is 0.184. The predicted molar refractivity (Wildman–Crippen MR) is 121 cm³/mol. The molecule has 0 saturated carbocycles. The summed E-state index contributed by atoms with van der Waals surface area (Å²) >= 11 is 0. The molecule has 1 fully saturated rings. The van der Waals surface area contributed by atoms with E-state index in [2.05, 4.69) is 34.1 Å². The van der Waals surface area contributed by atoms with E-state index < -0.39 is 11.8 Å². The molecule has 1 aromatic heterocycles. The van der Waals surface area contributed by atoms with E-state index in [1.165, 1.54) is 5.56 Å². The van der Waals surface area contributed by atoms with Crippen molar-refractivity contribution < 1.29 is 24.1 Å². The zero-order valence-electron chi connectivity index (χ0n) is 18.2. The number of pyridine rings is 1. The van der Waals surface area contributed by atoms with Crippen molar-refractivity contribution in [1.82, 2.24) is 9.88 Å². The molecule has 1 atom stereocenters. The van der Waals surface area contributed by atoms with E-state index in [9.17, 15) is 9.90 Å². The second-order valence-corrected chi connectivity index (χ2v) is 8.47. The van der Waals surface area contributed by atoms with Gasteiger partial charge in [0.1, 0.15) is 12.2 Å². The second-order valence-electron chi connectivity index (χ2n) is 8.47. The summed E-state index contributed by atoms with van der Waals surface area (Å²) in [6.07, 6.45) is 1.54. The average Bonchev–Trinajstić information content (AvgIpc) is 2.86. The van der Waals surface area contributed by atoms with E-state index in [0.29, 0.717) is 31.1 Å². The molecule has 0 amide bonds. The molecule has 170 valence electrons. The Morgan fingerprint density at radius 1 is 1.06 bits per heavy atom. The Kier molecular flexibility index (Phi) is 5.88. The lowest BCUT2D eigenvalue weighted by Crippen LogP contribution is -2.44. The highest BCUT2D eigenvalue weighted by atomic mass is 16.7. The number of nitrogens with zero attached hydrogens (tertiary/aromatic N) is 2. The van der Waals surface area contributed by atoms with Gasteiger partial charge in [0.2, 0.25) is 0 Å². The van der Waals surface area contributed by atoms with Gasteiger partial charge >= 0.3 is 6.16 Å². The Balaban J connectivity index is 1.21. The zero-order valence-corrected chi connectivity index (χ0v) is 18.2. The van der Waals surface area contributed by atoms with Crippen molar-refractivity contribution in [3.8, 4) is 11.6 Å². The number of fused-ring (bicyclic) bond motifs is 1. The minimum atomic E-state index is -1.23. The minimum Gasteiger partial charge on any atom is -0.484 e. The normalized spacial score (nSPS) is 19.6. The lowest BCUT2D eigenvalue weighted by atomic mass is 9.84. The van der Waals surface area contributed by atoms with Gasteiger partial charge in [-0.05, 0) is 28.8 Å². The van der Waals surface area contributed by atoms with Gasteiger partial charge in [-0.15, -0.1) is 0 Å². The molecule has 7 nitrogen and oxygen atoms in total. The molecule has 0 bridgehead atoms. The van der Waals surface area contributed by atoms with Crippen LogP contribution in [-0.2, 0) is 16.9 Å². The summed E-state index contributed by atoms with van der Waals surface area (Å²) in [4.78, 5) is 18.0. The van der Waals surface area contributed by atoms with Crippen LogP contribution in [0, 0.1) is 0 Å². The Bertz CT molecular complexity index is 1100. The first-order valence-electron chi connectivity index (χ1n) is 11.1. The molecular weight excluding hydrogens is 420 g/mol. The highest BCUT2D eigenvalue weighted by Crippen LogP contribution is 2.38. The van der Waals surface area contributed by atoms with Gasteiger partial charge in [0.05, 0.1) is 0 Å². The van der Waals surface area contributed by atoms with Crippen molar-refractivity contribution in [2.24, 2.45) is 0 Å². The predicted octanol–water partition coefficient (Wildman–Crippen LogP) is 4.78. The lowest BCUT2D eigenvalue weighted by molar-refractivity contribution is -0.0621. The second kappa shape index (κ2) is 9.11. The lowest BCUT2D eigenvalue weighted by Gasteiger charge is -2.40. The van der Waals surface area contributed by atoms with Gasteiger partial charge in [-0.1, -0.05) is 54.6 Å². The van der Waals surface area contributed by atoms with Crippen LogP contribution in [0.1, 0.15) is 35.6 Å². The Labute approximate surface area is 192 Å². The third-order valence-corrected chi connectivity index (χ3v) is 6.38. The van der Waals surface area contributed by atoms with Crippen molar-refractivity contribution in [3.05, 3.63) is 89.6 Å². The monoisotopic (exact) mass is 446 g/mol. The van der Waals surface area contributed by atoms with E-state index >= 15 is 0 Å². The van der Waals surface area contributed by atoms with Crippen LogP contribution in [0.3, 0.4) is 0 Å². The third-order valence-electron chi connectivity index (χ3n) is 6.38. The summed E-state index contributed by atoms with van der Waals surface area (Å²) in [6, 6.07) is 21.7. The van der Waals surface area contributed by atoms with Crippen molar-refractivity contribution in [3.63, 3.8) is 0 Å². The summed E-state index contributed by atoms with van der Waals surface area (Å²) < 4.78 is 17.2. The molecule has 2 aromatic carbocycles. The first-order valence-corrected chi connectivity index (χ1v) is 11.1. The van der Waals surface area contributed by atoms with Gasteiger partial charge in [0.15, 0.2) is 11.9 Å². The van der Waals surface area contributed by atoms with Crippen molar-refractivity contribution in [1.29, 1.82) is 0 Å². The first-order chi connectivity index (χ1) is 16.1. The van der Waals surface area contributed by atoms with Crippen LogP contribution in [0.2, 0.25) is 0 Å². The first kappa shape index (κ1) is 21.3. The Hall–Kier alpha value is -3.58. The topological polar surface area (TPSA) is 81.1 Å². The van der Waals surface area contributed by atoms with Gasteiger partial charge in [-0.25, -0.2) is 9.78 Å². The smallest absolute Gasteiger partial charge is 0.484 e. The van der Waals surface area contributed by atoms with Crippen molar-refractivity contribution in [2.45, 2.75) is 31.1 Å².